The molecule has 0 spiro atoms. The van der Waals surface area contributed by atoms with Crippen LogP contribution in [0.3, 0.4) is 0 Å². The molecule has 0 aromatic heterocycles. The van der Waals surface area contributed by atoms with Gasteiger partial charge in [-0.3, -0.25) is 4.90 Å². The first-order valence-corrected chi connectivity index (χ1v) is 4.44. The van der Waals surface area contributed by atoms with Gasteiger partial charge in [-0.25, -0.2) is 0 Å². The van der Waals surface area contributed by atoms with E-state index in [1.165, 1.54) is 0 Å². The quantitative estimate of drug-likeness (QED) is 0.677. The molecule has 0 saturated carbocycles. The molecule has 1 rings (SSSR count). The summed E-state index contributed by atoms with van der Waals surface area (Å²) in [5, 5.41) is 3.09. The van der Waals surface area contributed by atoms with Crippen molar-refractivity contribution < 1.29 is 4.74 Å². The Morgan fingerprint density at radius 2 is 2.08 bits per heavy atom. The van der Waals surface area contributed by atoms with Crippen molar-refractivity contribution in [1.29, 1.82) is 0 Å². The first-order valence-electron chi connectivity index (χ1n) is 4.44. The van der Waals surface area contributed by atoms with E-state index >= 15 is 0 Å². The van der Waals surface area contributed by atoms with Gasteiger partial charge >= 0.3 is 0 Å². The molecule has 1 fully saturated rings. The Labute approximate surface area is 74.4 Å². The van der Waals surface area contributed by atoms with Gasteiger partial charge < -0.3 is 10.1 Å². The van der Waals surface area contributed by atoms with E-state index in [0.717, 1.165) is 19.8 Å². The molecule has 1 aliphatic heterocycles. The van der Waals surface area contributed by atoms with Crippen molar-refractivity contribution in [3.63, 3.8) is 0 Å². The average Bonchev–Trinajstić information content (AvgIpc) is 1.99. The summed E-state index contributed by atoms with van der Waals surface area (Å²) in [6.45, 7) is 10.7. The smallest absolute Gasteiger partial charge is 0.0678 e. The van der Waals surface area contributed by atoms with Crippen molar-refractivity contribution in [2.45, 2.75) is 26.1 Å². The van der Waals surface area contributed by atoms with Crippen molar-refractivity contribution >= 4 is 0 Å². The second kappa shape index (κ2) is 4.48. The molecule has 0 unspecified atom stereocenters. The lowest BCUT2D eigenvalue weighted by atomic mass is 10.2. The lowest BCUT2D eigenvalue weighted by Gasteiger charge is -2.35. The zero-order chi connectivity index (χ0) is 8.97. The number of hydrogen-bond acceptors (Lipinski definition) is 3. The van der Waals surface area contributed by atoms with E-state index in [-0.39, 0.29) is 0 Å². The zero-order valence-corrected chi connectivity index (χ0v) is 7.92. The largest absolute Gasteiger partial charge is 0.379 e. The van der Waals surface area contributed by atoms with Crippen molar-refractivity contribution in [2.24, 2.45) is 0 Å². The van der Waals surface area contributed by atoms with Crippen LogP contribution in [0.4, 0.5) is 0 Å². The third kappa shape index (κ3) is 2.83. The normalized spacial score (nSPS) is 31.5. The van der Waals surface area contributed by atoms with Gasteiger partial charge in [-0.1, -0.05) is 6.58 Å². The summed E-state index contributed by atoms with van der Waals surface area (Å²) < 4.78 is 5.60. The van der Waals surface area contributed by atoms with Gasteiger partial charge in [-0.15, -0.1) is 0 Å². The highest BCUT2D eigenvalue weighted by Gasteiger charge is 2.20. The van der Waals surface area contributed by atoms with Crippen molar-refractivity contribution in [2.75, 3.05) is 19.8 Å². The number of nitrogens with one attached hydrogen (secondary N) is 1. The van der Waals surface area contributed by atoms with Crippen LogP contribution in [0.1, 0.15) is 13.8 Å². The Morgan fingerprint density at radius 3 is 2.58 bits per heavy atom. The maximum absolute atomic E-state index is 5.60. The molecular weight excluding hydrogens is 152 g/mol. The predicted molar refractivity (Wildman–Crippen MR) is 49.8 cm³/mol. The van der Waals surface area contributed by atoms with Gasteiger partial charge in [0.15, 0.2) is 0 Å². The van der Waals surface area contributed by atoms with Crippen LogP contribution < -0.4 is 5.32 Å². The summed E-state index contributed by atoms with van der Waals surface area (Å²) in [6.07, 6.45) is 2.42. The van der Waals surface area contributed by atoms with Gasteiger partial charge in [-0.05, 0) is 20.0 Å². The van der Waals surface area contributed by atoms with Gasteiger partial charge in [0.1, 0.15) is 0 Å². The van der Waals surface area contributed by atoms with Crippen molar-refractivity contribution in [3.05, 3.63) is 12.8 Å². The molecule has 1 aliphatic rings. The minimum Gasteiger partial charge on any atom is -0.379 e. The van der Waals surface area contributed by atoms with E-state index in [9.17, 15) is 0 Å². The molecule has 3 heteroatoms. The van der Waals surface area contributed by atoms with E-state index in [1.54, 1.807) is 6.20 Å². The zero-order valence-electron chi connectivity index (χ0n) is 7.92. The average molecular weight is 170 g/mol. The second-order valence-electron chi connectivity index (χ2n) is 3.36. The van der Waals surface area contributed by atoms with E-state index in [1.807, 2.05) is 0 Å². The van der Waals surface area contributed by atoms with Gasteiger partial charge in [0.2, 0.25) is 0 Å². The second-order valence-corrected chi connectivity index (χ2v) is 3.36. The van der Waals surface area contributed by atoms with Crippen LogP contribution in [0.2, 0.25) is 0 Å². The molecule has 0 aliphatic carbocycles. The first-order chi connectivity index (χ1) is 5.72. The summed E-state index contributed by atoms with van der Waals surface area (Å²) in [7, 11) is 0. The van der Waals surface area contributed by atoms with Crippen LogP contribution in [0.5, 0.6) is 0 Å². The summed E-state index contributed by atoms with van der Waals surface area (Å²) in [4.78, 5) is 2.33. The van der Waals surface area contributed by atoms with E-state index in [2.05, 4.69) is 30.6 Å². The Morgan fingerprint density at radius 1 is 1.50 bits per heavy atom. The predicted octanol–water partition coefficient (Wildman–Crippen LogP) is 0.786. The summed E-state index contributed by atoms with van der Waals surface area (Å²) in [5.74, 6) is 0. The SMILES string of the molecule is C=CNCN1C[C@@H](C)O[C@@H](C)C1. The highest BCUT2D eigenvalue weighted by Crippen LogP contribution is 2.08. The van der Waals surface area contributed by atoms with Crippen LogP contribution in [0.15, 0.2) is 12.8 Å². The molecule has 12 heavy (non-hydrogen) atoms. The molecule has 0 bridgehead atoms. The molecule has 0 amide bonds. The highest BCUT2D eigenvalue weighted by molar-refractivity contribution is 4.73. The molecule has 0 aromatic rings. The molecule has 0 aromatic carbocycles. The molecule has 0 radical (unpaired) electrons. The van der Waals surface area contributed by atoms with Crippen LogP contribution in [0, 0.1) is 0 Å². The number of nitrogens with zero attached hydrogens (tertiary/aromatic N) is 1. The van der Waals surface area contributed by atoms with Gasteiger partial charge in [0, 0.05) is 13.1 Å². The van der Waals surface area contributed by atoms with E-state index < -0.39 is 0 Å². The van der Waals surface area contributed by atoms with Crippen LogP contribution in [-0.2, 0) is 4.74 Å². The summed E-state index contributed by atoms with van der Waals surface area (Å²) >= 11 is 0. The Kier molecular flexibility index (Phi) is 3.56. The minimum absolute atomic E-state index is 0.348. The van der Waals surface area contributed by atoms with Gasteiger partial charge in [-0.2, -0.15) is 0 Å². The van der Waals surface area contributed by atoms with Crippen molar-refractivity contribution in [3.8, 4) is 0 Å². The fourth-order valence-electron chi connectivity index (χ4n) is 1.61. The summed E-state index contributed by atoms with van der Waals surface area (Å²) in [6, 6.07) is 0. The third-order valence-corrected chi connectivity index (χ3v) is 1.95. The van der Waals surface area contributed by atoms with E-state index in [0.29, 0.717) is 12.2 Å². The Balaban J connectivity index is 2.28. The maximum Gasteiger partial charge on any atom is 0.0678 e. The fraction of sp³-hybridized carbons (Fsp3) is 0.778. The monoisotopic (exact) mass is 170 g/mol. The van der Waals surface area contributed by atoms with Crippen LogP contribution in [-0.4, -0.2) is 36.9 Å². The first kappa shape index (κ1) is 9.55. The van der Waals surface area contributed by atoms with Gasteiger partial charge in [0.05, 0.1) is 18.9 Å². The molecule has 70 valence electrons. The van der Waals surface area contributed by atoms with E-state index in [4.69, 9.17) is 4.74 Å². The highest BCUT2D eigenvalue weighted by atomic mass is 16.5. The lowest BCUT2D eigenvalue weighted by Crippen LogP contribution is -2.47. The Bertz CT molecular complexity index is 139. The summed E-state index contributed by atoms with van der Waals surface area (Å²) in [5.41, 5.74) is 0. The molecule has 3 nitrogen and oxygen atoms in total. The number of morpholine rings is 1. The number of rotatable bonds is 3. The number of hydrogen-bond donors (Lipinski definition) is 1. The minimum atomic E-state index is 0.348. The Hall–Kier alpha value is -0.540. The maximum atomic E-state index is 5.60. The number of ether oxygens (including phenoxy) is 1. The van der Waals surface area contributed by atoms with Gasteiger partial charge in [0.25, 0.3) is 0 Å². The topological polar surface area (TPSA) is 24.5 Å². The molecule has 1 heterocycles. The molecule has 1 saturated heterocycles. The van der Waals surface area contributed by atoms with Crippen LogP contribution >= 0.6 is 0 Å². The van der Waals surface area contributed by atoms with Crippen LogP contribution in [0.25, 0.3) is 0 Å². The fourth-order valence-corrected chi connectivity index (χ4v) is 1.61. The molecule has 1 N–H and O–H groups in total. The van der Waals surface area contributed by atoms with Crippen molar-refractivity contribution in [1.82, 2.24) is 10.2 Å². The third-order valence-electron chi connectivity index (χ3n) is 1.95. The molecule has 2 atom stereocenters. The molecular formula is C9H18N2O. The standard InChI is InChI=1S/C9H18N2O/c1-4-10-7-11-5-8(2)12-9(3)6-11/h4,8-10H,1,5-7H2,2-3H3/t8-,9+. The lowest BCUT2D eigenvalue weighted by molar-refractivity contribution is -0.0689.